The number of hydrogen-bond donors (Lipinski definition) is 0. The fraction of sp³-hybridized carbons (Fsp3) is 0.174. The van der Waals surface area contributed by atoms with Gasteiger partial charge in [0.2, 0.25) is 6.23 Å². The van der Waals surface area contributed by atoms with Gasteiger partial charge in [-0.15, -0.1) is 0 Å². The van der Waals surface area contributed by atoms with Crippen LogP contribution in [0.25, 0.3) is 0 Å². The van der Waals surface area contributed by atoms with Crippen molar-refractivity contribution in [2.45, 2.75) is 25.6 Å². The Morgan fingerprint density at radius 1 is 1.13 bits per heavy atom. The highest BCUT2D eigenvalue weighted by Crippen LogP contribution is 2.48. The largest absolute Gasteiger partial charge is 0.464 e. The molecule has 0 radical (unpaired) electrons. The number of para-hydroxylation sites is 1. The Hall–Kier alpha value is -3.38. The van der Waals surface area contributed by atoms with Gasteiger partial charge < -0.3 is 4.74 Å². The molecule has 2 aliphatic heterocycles. The van der Waals surface area contributed by atoms with Crippen molar-refractivity contribution in [3.63, 3.8) is 0 Å². The van der Waals surface area contributed by atoms with Crippen LogP contribution in [-0.4, -0.2) is 15.6 Å². The molecule has 3 aromatic carbocycles. The molecule has 0 aromatic heterocycles. The SMILES string of the molecule is Cc1ccc(C2=NN3[C@@H](C2)c2ccccc2O[C@H]3c2ccc(Cl)c([N+](=O)[O-])c2)cc1. The smallest absolute Gasteiger partial charge is 0.288 e. The van der Waals surface area contributed by atoms with Gasteiger partial charge in [0.15, 0.2) is 0 Å². The number of nitro groups is 1. The standard InChI is InChI=1S/C23H18ClN3O3/c1-14-6-8-15(9-7-14)19-13-20-17-4-2-3-5-22(17)30-23(26(20)25-19)16-10-11-18(24)21(12-16)27(28)29/h2-12,20,23H,13H2,1H3/t20-,23-/m0/s1. The average Bonchev–Trinajstić information content (AvgIpc) is 3.19. The van der Waals surface area contributed by atoms with Crippen molar-refractivity contribution in [2.24, 2.45) is 5.10 Å². The number of halogens is 1. The second-order valence-electron chi connectivity index (χ2n) is 7.49. The van der Waals surface area contributed by atoms with Crippen molar-refractivity contribution in [1.29, 1.82) is 0 Å². The fourth-order valence-corrected chi connectivity index (χ4v) is 4.18. The molecule has 150 valence electrons. The van der Waals surface area contributed by atoms with Gasteiger partial charge in [-0.25, -0.2) is 5.01 Å². The molecule has 0 aliphatic carbocycles. The van der Waals surface area contributed by atoms with Crippen LogP contribution in [0.2, 0.25) is 5.02 Å². The number of hydrazone groups is 1. The lowest BCUT2D eigenvalue weighted by Gasteiger charge is -2.38. The van der Waals surface area contributed by atoms with Crippen LogP contribution in [0.4, 0.5) is 5.69 Å². The van der Waals surface area contributed by atoms with Crippen LogP contribution < -0.4 is 4.74 Å². The summed E-state index contributed by atoms with van der Waals surface area (Å²) in [7, 11) is 0. The van der Waals surface area contributed by atoms with Crippen molar-refractivity contribution >= 4 is 23.0 Å². The number of hydrogen-bond acceptors (Lipinski definition) is 5. The molecule has 0 spiro atoms. The van der Waals surface area contributed by atoms with Crippen molar-refractivity contribution in [2.75, 3.05) is 0 Å². The van der Waals surface area contributed by atoms with Gasteiger partial charge in [-0.3, -0.25) is 10.1 Å². The normalized spacial score (nSPS) is 19.5. The second-order valence-corrected chi connectivity index (χ2v) is 7.90. The minimum absolute atomic E-state index is 0.00835. The van der Waals surface area contributed by atoms with Crippen molar-refractivity contribution in [3.8, 4) is 5.75 Å². The highest BCUT2D eigenvalue weighted by Gasteiger charge is 2.41. The molecule has 2 aliphatic rings. The molecule has 0 saturated heterocycles. The lowest BCUT2D eigenvalue weighted by molar-refractivity contribution is -0.384. The maximum atomic E-state index is 11.4. The zero-order valence-corrected chi connectivity index (χ0v) is 16.9. The van der Waals surface area contributed by atoms with Crippen LogP contribution >= 0.6 is 11.6 Å². The molecule has 7 heteroatoms. The van der Waals surface area contributed by atoms with E-state index in [9.17, 15) is 10.1 Å². The van der Waals surface area contributed by atoms with Crippen LogP contribution in [0.1, 0.15) is 40.9 Å². The Bertz CT molecular complexity index is 1180. The van der Waals surface area contributed by atoms with E-state index in [1.54, 1.807) is 6.07 Å². The highest BCUT2D eigenvalue weighted by molar-refractivity contribution is 6.32. The molecule has 0 N–H and O–H groups in total. The minimum Gasteiger partial charge on any atom is -0.464 e. The Kier molecular flexibility index (Phi) is 4.44. The third-order valence-corrected chi connectivity index (χ3v) is 5.86. The van der Waals surface area contributed by atoms with E-state index in [4.69, 9.17) is 21.4 Å². The van der Waals surface area contributed by atoms with Gasteiger partial charge in [-0.2, -0.15) is 5.10 Å². The van der Waals surface area contributed by atoms with E-state index in [0.29, 0.717) is 5.56 Å². The summed E-state index contributed by atoms with van der Waals surface area (Å²) in [5, 5.41) is 18.3. The summed E-state index contributed by atoms with van der Waals surface area (Å²) in [4.78, 5) is 10.9. The Morgan fingerprint density at radius 2 is 1.90 bits per heavy atom. The summed E-state index contributed by atoms with van der Waals surface area (Å²) in [6.45, 7) is 2.05. The molecule has 0 bridgehead atoms. The lowest BCUT2D eigenvalue weighted by atomic mass is 9.95. The van der Waals surface area contributed by atoms with Crippen molar-refractivity contribution in [3.05, 3.63) is 104 Å². The fourth-order valence-electron chi connectivity index (χ4n) is 4.00. The summed E-state index contributed by atoms with van der Waals surface area (Å²) < 4.78 is 6.26. The highest BCUT2D eigenvalue weighted by atomic mass is 35.5. The number of benzene rings is 3. The van der Waals surface area contributed by atoms with E-state index in [2.05, 4.69) is 31.2 Å². The lowest BCUT2D eigenvalue weighted by Crippen LogP contribution is -2.33. The van der Waals surface area contributed by atoms with E-state index < -0.39 is 11.2 Å². The van der Waals surface area contributed by atoms with E-state index in [-0.39, 0.29) is 16.8 Å². The Labute approximate surface area is 178 Å². The first kappa shape index (κ1) is 18.6. The molecule has 0 saturated carbocycles. The van der Waals surface area contributed by atoms with Gasteiger partial charge in [0, 0.05) is 23.6 Å². The maximum absolute atomic E-state index is 11.4. The second kappa shape index (κ2) is 7.15. The predicted octanol–water partition coefficient (Wildman–Crippen LogP) is 5.80. The number of fused-ring (bicyclic) bond motifs is 3. The summed E-state index contributed by atoms with van der Waals surface area (Å²) in [6, 6.07) is 20.9. The van der Waals surface area contributed by atoms with E-state index >= 15 is 0 Å². The molecule has 5 rings (SSSR count). The number of aryl methyl sites for hydroxylation is 1. The zero-order valence-electron chi connectivity index (χ0n) is 16.2. The summed E-state index contributed by atoms with van der Waals surface area (Å²) in [6.07, 6.45) is 0.152. The van der Waals surface area contributed by atoms with Crippen LogP contribution in [-0.2, 0) is 0 Å². The summed E-state index contributed by atoms with van der Waals surface area (Å²) in [5.74, 6) is 0.765. The minimum atomic E-state index is -0.580. The summed E-state index contributed by atoms with van der Waals surface area (Å²) >= 11 is 6.01. The van der Waals surface area contributed by atoms with Crippen LogP contribution in [0.15, 0.2) is 71.8 Å². The molecule has 2 heterocycles. The molecule has 0 fully saturated rings. The maximum Gasteiger partial charge on any atom is 0.288 e. The van der Waals surface area contributed by atoms with Gasteiger partial charge in [0.1, 0.15) is 10.8 Å². The molecular weight excluding hydrogens is 402 g/mol. The van der Waals surface area contributed by atoms with Crippen molar-refractivity contribution in [1.82, 2.24) is 5.01 Å². The molecule has 6 nitrogen and oxygen atoms in total. The molecular formula is C23H18ClN3O3. The van der Waals surface area contributed by atoms with Gasteiger partial charge in [-0.05, 0) is 24.6 Å². The van der Waals surface area contributed by atoms with Crippen LogP contribution in [0.5, 0.6) is 5.75 Å². The average molecular weight is 420 g/mol. The third kappa shape index (κ3) is 3.09. The van der Waals surface area contributed by atoms with E-state index in [1.165, 1.54) is 17.7 Å². The predicted molar refractivity (Wildman–Crippen MR) is 115 cm³/mol. The molecule has 3 aromatic rings. The quantitative estimate of drug-likeness (QED) is 0.397. The first-order valence-electron chi connectivity index (χ1n) is 9.63. The monoisotopic (exact) mass is 419 g/mol. The van der Waals surface area contributed by atoms with Crippen molar-refractivity contribution < 1.29 is 9.66 Å². The first-order valence-corrected chi connectivity index (χ1v) is 10.0. The number of ether oxygens (including phenoxy) is 1. The summed E-state index contributed by atoms with van der Waals surface area (Å²) in [5.41, 5.74) is 4.77. The Balaban J connectivity index is 1.60. The van der Waals surface area contributed by atoms with Gasteiger partial charge in [0.25, 0.3) is 5.69 Å². The van der Waals surface area contributed by atoms with E-state index in [0.717, 1.165) is 29.0 Å². The van der Waals surface area contributed by atoms with Gasteiger partial charge in [-0.1, -0.05) is 65.7 Å². The first-order chi connectivity index (χ1) is 14.5. The van der Waals surface area contributed by atoms with Gasteiger partial charge in [0.05, 0.1) is 16.7 Å². The molecule has 0 unspecified atom stereocenters. The topological polar surface area (TPSA) is 68.0 Å². The number of nitrogens with zero attached hydrogens (tertiary/aromatic N) is 3. The molecule has 2 atom stereocenters. The zero-order chi connectivity index (χ0) is 20.8. The molecule has 30 heavy (non-hydrogen) atoms. The Morgan fingerprint density at radius 3 is 2.67 bits per heavy atom. The molecule has 0 amide bonds. The van der Waals surface area contributed by atoms with Gasteiger partial charge >= 0.3 is 0 Å². The van der Waals surface area contributed by atoms with E-state index in [1.807, 2.05) is 29.3 Å². The number of rotatable bonds is 3. The van der Waals surface area contributed by atoms with Crippen LogP contribution in [0, 0.1) is 17.0 Å². The van der Waals surface area contributed by atoms with Crippen LogP contribution in [0.3, 0.4) is 0 Å². The third-order valence-electron chi connectivity index (χ3n) is 5.54. The number of nitro benzene ring substituents is 1.